The molecule has 24 heavy (non-hydrogen) atoms. The molecule has 0 aromatic rings. The summed E-state index contributed by atoms with van der Waals surface area (Å²) in [6.45, 7) is 5.73. The van der Waals surface area contributed by atoms with Crippen LogP contribution in [0.3, 0.4) is 0 Å². The number of carbonyl (C=O) groups excluding carboxylic acids is 1. The first-order valence-electron chi connectivity index (χ1n) is 10.7. The summed E-state index contributed by atoms with van der Waals surface area (Å²) in [6.07, 6.45) is 18.6. The van der Waals surface area contributed by atoms with Crippen LogP contribution in [-0.4, -0.2) is 43.7 Å². The van der Waals surface area contributed by atoms with E-state index in [1.54, 1.807) is 0 Å². The van der Waals surface area contributed by atoms with E-state index in [0.29, 0.717) is 13.2 Å². The van der Waals surface area contributed by atoms with E-state index >= 15 is 0 Å². The highest BCUT2D eigenvalue weighted by Crippen LogP contribution is 2.16. The fraction of sp³-hybridized carbons (Fsp3) is 0.952. The highest BCUT2D eigenvalue weighted by Gasteiger charge is 2.30. The zero-order valence-corrected chi connectivity index (χ0v) is 16.5. The number of esters is 1. The molecule has 0 aromatic heterocycles. The summed E-state index contributed by atoms with van der Waals surface area (Å²) < 4.78 is 6.29. The van der Waals surface area contributed by atoms with Crippen molar-refractivity contribution in [3.8, 4) is 0 Å². The molecule has 1 saturated heterocycles. The van der Waals surface area contributed by atoms with Crippen LogP contribution in [0.25, 0.3) is 0 Å². The molecule has 142 valence electrons. The standard InChI is InChI=1S/C21H42NO2/c1-3-4-5-6-7-8-9-10-11-12-13-16-19-24-21(23)20-22(2)17-14-15-18-22/h3-20H2,1-2H3/q+1. The van der Waals surface area contributed by atoms with Crippen LogP contribution in [0.5, 0.6) is 0 Å². The van der Waals surface area contributed by atoms with Gasteiger partial charge in [-0.25, -0.2) is 4.79 Å². The molecule has 0 saturated carbocycles. The molecule has 0 N–H and O–H groups in total. The Hall–Kier alpha value is -0.570. The van der Waals surface area contributed by atoms with E-state index in [1.807, 2.05) is 0 Å². The normalized spacial score (nSPS) is 16.4. The molecule has 0 atom stereocenters. The quantitative estimate of drug-likeness (QED) is 0.224. The minimum atomic E-state index is 0.00229. The summed E-state index contributed by atoms with van der Waals surface area (Å²) in [5, 5.41) is 0. The third kappa shape index (κ3) is 11.1. The molecule has 3 heteroatoms. The lowest BCUT2D eigenvalue weighted by molar-refractivity contribution is -0.890. The van der Waals surface area contributed by atoms with Gasteiger partial charge in [-0.15, -0.1) is 0 Å². The second-order valence-corrected chi connectivity index (χ2v) is 8.04. The third-order valence-electron chi connectivity index (χ3n) is 5.42. The maximum absolute atomic E-state index is 11.9. The first-order chi connectivity index (χ1) is 11.7. The van der Waals surface area contributed by atoms with Crippen molar-refractivity contribution in [2.24, 2.45) is 0 Å². The van der Waals surface area contributed by atoms with Gasteiger partial charge in [-0.1, -0.05) is 77.6 Å². The number of carbonyl (C=O) groups is 1. The van der Waals surface area contributed by atoms with E-state index in [4.69, 9.17) is 4.74 Å². The molecule has 1 aliphatic rings. The number of hydrogen-bond acceptors (Lipinski definition) is 2. The van der Waals surface area contributed by atoms with E-state index in [-0.39, 0.29) is 5.97 Å². The Morgan fingerprint density at radius 1 is 0.792 bits per heavy atom. The minimum Gasteiger partial charge on any atom is -0.462 e. The SMILES string of the molecule is CCCCCCCCCCCCCCOC(=O)C[N+]1(C)CCCC1. The monoisotopic (exact) mass is 340 g/mol. The smallest absolute Gasteiger partial charge is 0.361 e. The molecule has 3 nitrogen and oxygen atoms in total. The predicted octanol–water partition coefficient (Wildman–Crippen LogP) is 5.47. The Labute approximate surface area is 150 Å². The molecule has 0 aliphatic carbocycles. The van der Waals surface area contributed by atoms with Crippen molar-refractivity contribution < 1.29 is 14.0 Å². The number of likely N-dealkylation sites (N-methyl/N-ethyl adjacent to an activating group) is 1. The van der Waals surface area contributed by atoms with Crippen molar-refractivity contribution in [1.82, 2.24) is 0 Å². The van der Waals surface area contributed by atoms with Gasteiger partial charge in [0.2, 0.25) is 0 Å². The number of unbranched alkanes of at least 4 members (excludes halogenated alkanes) is 11. The number of hydrogen-bond donors (Lipinski definition) is 0. The van der Waals surface area contributed by atoms with Crippen molar-refractivity contribution in [1.29, 1.82) is 0 Å². The van der Waals surface area contributed by atoms with E-state index in [0.717, 1.165) is 24.0 Å². The van der Waals surface area contributed by atoms with Gasteiger partial charge in [0.05, 0.1) is 26.7 Å². The number of likely N-dealkylation sites (tertiary alicyclic amines) is 1. The highest BCUT2D eigenvalue weighted by atomic mass is 16.5. The Kier molecular flexibility index (Phi) is 12.2. The molecule has 0 bridgehead atoms. The van der Waals surface area contributed by atoms with Crippen molar-refractivity contribution in [3.05, 3.63) is 0 Å². The Morgan fingerprint density at radius 3 is 1.75 bits per heavy atom. The molecule has 1 heterocycles. The lowest BCUT2D eigenvalue weighted by Crippen LogP contribution is -2.45. The molecule has 1 aliphatic heterocycles. The number of ether oxygens (including phenoxy) is 1. The van der Waals surface area contributed by atoms with Gasteiger partial charge in [0.15, 0.2) is 6.54 Å². The fourth-order valence-corrected chi connectivity index (χ4v) is 3.74. The highest BCUT2D eigenvalue weighted by molar-refractivity contribution is 5.70. The van der Waals surface area contributed by atoms with E-state index < -0.39 is 0 Å². The Bertz CT molecular complexity index is 311. The lowest BCUT2D eigenvalue weighted by atomic mass is 10.1. The molecule has 1 fully saturated rings. The minimum absolute atomic E-state index is 0.00229. The van der Waals surface area contributed by atoms with E-state index in [9.17, 15) is 4.79 Å². The average Bonchev–Trinajstić information content (AvgIpc) is 2.98. The second-order valence-electron chi connectivity index (χ2n) is 8.04. The maximum atomic E-state index is 11.9. The fourth-order valence-electron chi connectivity index (χ4n) is 3.74. The summed E-state index contributed by atoms with van der Waals surface area (Å²) in [5.74, 6) is 0.00229. The van der Waals surface area contributed by atoms with Crippen LogP contribution in [0.1, 0.15) is 96.8 Å². The van der Waals surface area contributed by atoms with Gasteiger partial charge in [0.25, 0.3) is 0 Å². The van der Waals surface area contributed by atoms with Gasteiger partial charge in [-0.2, -0.15) is 0 Å². The lowest BCUT2D eigenvalue weighted by Gasteiger charge is -2.27. The van der Waals surface area contributed by atoms with Gasteiger partial charge in [-0.3, -0.25) is 0 Å². The molecule has 0 radical (unpaired) electrons. The summed E-state index contributed by atoms with van der Waals surface area (Å²) in [4.78, 5) is 11.9. The van der Waals surface area contributed by atoms with Gasteiger partial charge in [-0.05, 0) is 6.42 Å². The molecule has 0 aromatic carbocycles. The molecular formula is C21H42NO2+. The number of quaternary nitrogens is 1. The van der Waals surface area contributed by atoms with Crippen LogP contribution in [0, 0.1) is 0 Å². The molecule has 0 unspecified atom stereocenters. The Morgan fingerprint density at radius 2 is 1.25 bits per heavy atom. The van der Waals surface area contributed by atoms with Crippen LogP contribution in [-0.2, 0) is 9.53 Å². The molecule has 1 rings (SSSR count). The zero-order chi connectivity index (χ0) is 17.5. The first-order valence-corrected chi connectivity index (χ1v) is 10.7. The summed E-state index contributed by atoms with van der Waals surface area (Å²) >= 11 is 0. The van der Waals surface area contributed by atoms with E-state index in [1.165, 1.54) is 83.5 Å². The zero-order valence-electron chi connectivity index (χ0n) is 16.5. The van der Waals surface area contributed by atoms with Crippen molar-refractivity contribution in [2.75, 3.05) is 33.3 Å². The summed E-state index contributed by atoms with van der Waals surface area (Å²) in [5.41, 5.74) is 0. The van der Waals surface area contributed by atoms with Crippen LogP contribution >= 0.6 is 0 Å². The van der Waals surface area contributed by atoms with Crippen LogP contribution in [0.2, 0.25) is 0 Å². The largest absolute Gasteiger partial charge is 0.462 e. The van der Waals surface area contributed by atoms with Crippen LogP contribution < -0.4 is 0 Å². The van der Waals surface area contributed by atoms with Gasteiger partial charge < -0.3 is 9.22 Å². The topological polar surface area (TPSA) is 26.3 Å². The van der Waals surface area contributed by atoms with Crippen LogP contribution in [0.4, 0.5) is 0 Å². The number of nitrogens with zero attached hydrogens (tertiary/aromatic N) is 1. The van der Waals surface area contributed by atoms with Gasteiger partial charge in [0.1, 0.15) is 0 Å². The molecule has 0 amide bonds. The average molecular weight is 341 g/mol. The first kappa shape index (κ1) is 21.5. The van der Waals surface area contributed by atoms with Gasteiger partial charge in [0, 0.05) is 12.8 Å². The van der Waals surface area contributed by atoms with Gasteiger partial charge >= 0.3 is 5.97 Å². The van der Waals surface area contributed by atoms with Crippen molar-refractivity contribution >= 4 is 5.97 Å². The maximum Gasteiger partial charge on any atom is 0.361 e. The number of rotatable bonds is 15. The summed E-state index contributed by atoms with van der Waals surface area (Å²) in [7, 11) is 2.18. The van der Waals surface area contributed by atoms with Crippen molar-refractivity contribution in [2.45, 2.75) is 96.8 Å². The summed E-state index contributed by atoms with van der Waals surface area (Å²) in [6, 6.07) is 0. The van der Waals surface area contributed by atoms with E-state index in [2.05, 4.69) is 14.0 Å². The predicted molar refractivity (Wildman–Crippen MR) is 102 cm³/mol. The molecule has 0 spiro atoms. The van der Waals surface area contributed by atoms with Crippen molar-refractivity contribution in [3.63, 3.8) is 0 Å². The Balaban J connectivity index is 1.79. The third-order valence-corrected chi connectivity index (χ3v) is 5.42. The van der Waals surface area contributed by atoms with Crippen LogP contribution in [0.15, 0.2) is 0 Å². The second kappa shape index (κ2) is 13.7. The molecular weight excluding hydrogens is 298 g/mol.